The second-order valence-electron chi connectivity index (χ2n) is 7.25. The molecule has 0 amide bonds. The Hall–Kier alpha value is -2.90. The fourth-order valence-electron chi connectivity index (χ4n) is 3.75. The summed E-state index contributed by atoms with van der Waals surface area (Å²) >= 11 is 1.72. The van der Waals surface area contributed by atoms with Gasteiger partial charge in [-0.3, -0.25) is 9.88 Å². The largest absolute Gasteiger partial charge is 0.353 e. The van der Waals surface area contributed by atoms with Gasteiger partial charge in [0.05, 0.1) is 16.2 Å². The Labute approximate surface area is 173 Å². The molecule has 1 aromatic carbocycles. The second-order valence-corrected chi connectivity index (χ2v) is 8.31. The van der Waals surface area contributed by atoms with Gasteiger partial charge in [0.25, 0.3) is 0 Å². The average Bonchev–Trinajstić information content (AvgIpc) is 3.18. The first kappa shape index (κ1) is 18.1. The summed E-state index contributed by atoms with van der Waals surface area (Å²) in [4.78, 5) is 23.4. The number of aryl methyl sites for hydroxylation is 1. The molecule has 4 heterocycles. The Morgan fingerprint density at radius 2 is 1.83 bits per heavy atom. The van der Waals surface area contributed by atoms with Gasteiger partial charge in [-0.2, -0.15) is 0 Å². The lowest BCUT2D eigenvalue weighted by molar-refractivity contribution is 0.247. The van der Waals surface area contributed by atoms with E-state index >= 15 is 0 Å². The quantitative estimate of drug-likeness (QED) is 0.518. The number of benzene rings is 1. The van der Waals surface area contributed by atoms with Crippen molar-refractivity contribution in [1.82, 2.24) is 24.8 Å². The number of thiazole rings is 1. The molecular formula is C22H22N6S. The van der Waals surface area contributed by atoms with E-state index in [9.17, 15) is 0 Å². The van der Waals surface area contributed by atoms with Gasteiger partial charge in [0.15, 0.2) is 5.82 Å². The maximum absolute atomic E-state index is 4.95. The van der Waals surface area contributed by atoms with Crippen LogP contribution in [0.4, 0.5) is 5.82 Å². The molecule has 29 heavy (non-hydrogen) atoms. The first-order valence-corrected chi connectivity index (χ1v) is 10.7. The monoisotopic (exact) mass is 402 g/mol. The van der Waals surface area contributed by atoms with E-state index in [0.29, 0.717) is 0 Å². The van der Waals surface area contributed by atoms with E-state index in [1.807, 2.05) is 24.4 Å². The van der Waals surface area contributed by atoms with Crippen LogP contribution >= 0.6 is 11.3 Å². The number of piperazine rings is 1. The highest BCUT2D eigenvalue weighted by Crippen LogP contribution is 2.28. The molecule has 1 aliphatic rings. The summed E-state index contributed by atoms with van der Waals surface area (Å²) in [5, 5.41) is 4.40. The molecular weight excluding hydrogens is 380 g/mol. The third kappa shape index (κ3) is 3.83. The van der Waals surface area contributed by atoms with Crippen molar-refractivity contribution in [2.45, 2.75) is 13.5 Å². The van der Waals surface area contributed by atoms with Crippen LogP contribution in [0.5, 0.6) is 0 Å². The van der Waals surface area contributed by atoms with Crippen molar-refractivity contribution in [3.8, 4) is 11.4 Å². The Bertz CT molecular complexity index is 1120. The van der Waals surface area contributed by atoms with Crippen molar-refractivity contribution < 1.29 is 0 Å². The van der Waals surface area contributed by atoms with Crippen LogP contribution in [-0.4, -0.2) is 51.0 Å². The third-order valence-electron chi connectivity index (χ3n) is 5.23. The third-order valence-corrected chi connectivity index (χ3v) is 6.05. The molecule has 3 aromatic heterocycles. The molecule has 1 fully saturated rings. The lowest BCUT2D eigenvalue weighted by Gasteiger charge is -2.35. The van der Waals surface area contributed by atoms with Crippen molar-refractivity contribution in [3.63, 3.8) is 0 Å². The summed E-state index contributed by atoms with van der Waals surface area (Å²) in [5.74, 6) is 1.74. The second kappa shape index (κ2) is 7.85. The van der Waals surface area contributed by atoms with Gasteiger partial charge >= 0.3 is 0 Å². The van der Waals surface area contributed by atoms with Crippen molar-refractivity contribution >= 4 is 28.1 Å². The smallest absolute Gasteiger partial charge is 0.163 e. The highest BCUT2D eigenvalue weighted by atomic mass is 32.1. The van der Waals surface area contributed by atoms with Gasteiger partial charge in [-0.25, -0.2) is 15.0 Å². The molecule has 0 N–H and O–H groups in total. The van der Waals surface area contributed by atoms with Gasteiger partial charge in [-0.05, 0) is 31.2 Å². The zero-order chi connectivity index (χ0) is 19.6. The van der Waals surface area contributed by atoms with Gasteiger partial charge in [-0.1, -0.05) is 12.1 Å². The highest BCUT2D eigenvalue weighted by Gasteiger charge is 2.21. The van der Waals surface area contributed by atoms with Crippen LogP contribution in [0.3, 0.4) is 0 Å². The zero-order valence-electron chi connectivity index (χ0n) is 16.3. The van der Waals surface area contributed by atoms with Gasteiger partial charge in [0, 0.05) is 61.4 Å². The minimum atomic E-state index is 0.729. The minimum Gasteiger partial charge on any atom is -0.353 e. The first-order valence-electron chi connectivity index (χ1n) is 9.82. The SMILES string of the molecule is Cc1nc(CN2CCN(c3nc(-c4cccnc4)nc4ccccc34)CC2)cs1. The standard InChI is InChI=1S/C22H22N6S/c1-16-24-18(15-29-16)14-27-9-11-28(12-10-27)22-19-6-2-3-7-20(19)25-21(26-22)17-5-4-8-23-13-17/h2-8,13,15H,9-12,14H2,1H3. The molecule has 1 aliphatic heterocycles. The van der Waals surface area contributed by atoms with Crippen LogP contribution in [-0.2, 0) is 6.54 Å². The molecule has 7 heteroatoms. The number of para-hydroxylation sites is 1. The molecule has 0 saturated carbocycles. The Morgan fingerprint density at radius 3 is 2.59 bits per heavy atom. The summed E-state index contributed by atoms with van der Waals surface area (Å²) in [5.41, 5.74) is 3.08. The number of hydrogen-bond acceptors (Lipinski definition) is 7. The van der Waals surface area contributed by atoms with E-state index in [1.165, 1.54) is 5.69 Å². The molecule has 0 spiro atoms. The van der Waals surface area contributed by atoms with Crippen molar-refractivity contribution in [2.75, 3.05) is 31.1 Å². The van der Waals surface area contributed by atoms with E-state index in [2.05, 4.69) is 50.3 Å². The predicted octanol–water partition coefficient (Wildman–Crippen LogP) is 3.78. The molecule has 0 aliphatic carbocycles. The fraction of sp³-hybridized carbons (Fsp3) is 0.273. The van der Waals surface area contributed by atoms with Crippen LogP contribution in [0.15, 0.2) is 54.2 Å². The summed E-state index contributed by atoms with van der Waals surface area (Å²) in [6, 6.07) is 12.2. The molecule has 0 radical (unpaired) electrons. The van der Waals surface area contributed by atoms with Crippen molar-refractivity contribution in [2.24, 2.45) is 0 Å². The predicted molar refractivity (Wildman–Crippen MR) is 117 cm³/mol. The van der Waals surface area contributed by atoms with Gasteiger partial charge in [0.2, 0.25) is 0 Å². The molecule has 6 nitrogen and oxygen atoms in total. The molecule has 4 aromatic rings. The molecule has 0 bridgehead atoms. The summed E-state index contributed by atoms with van der Waals surface area (Å²) in [6.45, 7) is 6.86. The van der Waals surface area contributed by atoms with Gasteiger partial charge in [0.1, 0.15) is 5.82 Å². The molecule has 5 rings (SSSR count). The number of aromatic nitrogens is 4. The van der Waals surface area contributed by atoms with Gasteiger partial charge in [-0.15, -0.1) is 11.3 Å². The van der Waals surface area contributed by atoms with Crippen molar-refractivity contribution in [3.05, 3.63) is 64.9 Å². The van der Waals surface area contributed by atoms with Crippen LogP contribution in [0.1, 0.15) is 10.7 Å². The lowest BCUT2D eigenvalue weighted by Crippen LogP contribution is -2.46. The van der Waals surface area contributed by atoms with E-state index < -0.39 is 0 Å². The summed E-state index contributed by atoms with van der Waals surface area (Å²) in [7, 11) is 0. The number of pyridine rings is 1. The van der Waals surface area contributed by atoms with E-state index in [0.717, 1.165) is 65.8 Å². The van der Waals surface area contributed by atoms with Gasteiger partial charge < -0.3 is 4.90 Å². The minimum absolute atomic E-state index is 0.729. The number of fused-ring (bicyclic) bond motifs is 1. The van der Waals surface area contributed by atoms with E-state index in [-0.39, 0.29) is 0 Å². The molecule has 1 saturated heterocycles. The van der Waals surface area contributed by atoms with Crippen LogP contribution in [0.25, 0.3) is 22.3 Å². The number of hydrogen-bond donors (Lipinski definition) is 0. The van der Waals surface area contributed by atoms with Crippen LogP contribution in [0.2, 0.25) is 0 Å². The Kier molecular flexibility index (Phi) is 4.91. The maximum Gasteiger partial charge on any atom is 0.163 e. The zero-order valence-corrected chi connectivity index (χ0v) is 17.1. The summed E-state index contributed by atoms with van der Waals surface area (Å²) < 4.78 is 0. The number of nitrogens with zero attached hydrogens (tertiary/aromatic N) is 6. The van der Waals surface area contributed by atoms with E-state index in [1.54, 1.807) is 17.5 Å². The topological polar surface area (TPSA) is 58.0 Å². The molecule has 0 atom stereocenters. The molecule has 0 unspecified atom stereocenters. The fourth-order valence-corrected chi connectivity index (χ4v) is 4.36. The maximum atomic E-state index is 4.95. The highest BCUT2D eigenvalue weighted by molar-refractivity contribution is 7.09. The number of rotatable bonds is 4. The lowest BCUT2D eigenvalue weighted by atomic mass is 10.2. The van der Waals surface area contributed by atoms with Crippen molar-refractivity contribution in [1.29, 1.82) is 0 Å². The summed E-state index contributed by atoms with van der Waals surface area (Å²) in [6.07, 6.45) is 3.59. The Morgan fingerprint density at radius 1 is 0.966 bits per heavy atom. The van der Waals surface area contributed by atoms with Crippen LogP contribution < -0.4 is 4.90 Å². The Balaban J connectivity index is 1.41. The first-order chi connectivity index (χ1) is 14.3. The van der Waals surface area contributed by atoms with E-state index in [4.69, 9.17) is 9.97 Å². The molecule has 146 valence electrons. The normalized spacial score (nSPS) is 15.1. The van der Waals surface area contributed by atoms with Crippen LogP contribution in [0, 0.1) is 6.92 Å². The number of anilines is 1. The average molecular weight is 403 g/mol.